The minimum Gasteiger partial charge on any atom is -0.456 e. The molecular weight excluding hydrogens is 350 g/mol. The lowest BCUT2D eigenvalue weighted by molar-refractivity contribution is 0.234. The Balaban J connectivity index is 2.54. The van der Waals surface area contributed by atoms with Crippen LogP contribution in [0.3, 0.4) is 0 Å². The number of hydrogen-bond donors (Lipinski definition) is 0. The van der Waals surface area contributed by atoms with Crippen LogP contribution in [0.15, 0.2) is 35.2 Å². The summed E-state index contributed by atoms with van der Waals surface area (Å²) in [6, 6.07) is 5.78. The van der Waals surface area contributed by atoms with Crippen molar-refractivity contribution in [1.29, 1.82) is 5.26 Å². The van der Waals surface area contributed by atoms with Gasteiger partial charge in [0, 0.05) is 18.2 Å². The lowest BCUT2D eigenvalue weighted by Gasteiger charge is -2.13. The van der Waals surface area contributed by atoms with Gasteiger partial charge in [-0.3, -0.25) is 0 Å². The highest BCUT2D eigenvalue weighted by Crippen LogP contribution is 2.33. The first kappa shape index (κ1) is 17.7. The molecule has 0 bridgehead atoms. The molecule has 24 heavy (non-hydrogen) atoms. The van der Waals surface area contributed by atoms with Crippen LogP contribution in [0.5, 0.6) is 11.5 Å². The predicted octanol–water partition coefficient (Wildman–Crippen LogP) is 3.93. The van der Waals surface area contributed by atoms with Gasteiger partial charge in [0.1, 0.15) is 29.2 Å². The van der Waals surface area contributed by atoms with Crippen molar-refractivity contribution in [2.45, 2.75) is 17.6 Å². The minimum atomic E-state index is -4.90. The standard InChI is InChI=1S/C15H9F4NO3S/c1-8-12(7-20)13(2-3-14(8)24(21,22)15(18)19)23-11-5-9(16)4-10(17)6-11/h2-6,15H,1H3. The molecule has 0 atom stereocenters. The number of ether oxygens (including phenoxy) is 1. The van der Waals surface area contributed by atoms with Crippen molar-refractivity contribution in [2.24, 2.45) is 0 Å². The lowest BCUT2D eigenvalue weighted by Crippen LogP contribution is -2.13. The molecule has 0 N–H and O–H groups in total. The summed E-state index contributed by atoms with van der Waals surface area (Å²) in [6.45, 7) is 1.16. The molecule has 9 heteroatoms. The maximum absolute atomic E-state index is 13.2. The van der Waals surface area contributed by atoms with E-state index in [1.807, 2.05) is 0 Å². The third kappa shape index (κ3) is 3.33. The monoisotopic (exact) mass is 359 g/mol. The summed E-state index contributed by atoms with van der Waals surface area (Å²) >= 11 is 0. The van der Waals surface area contributed by atoms with Crippen LogP contribution in [-0.2, 0) is 9.84 Å². The summed E-state index contributed by atoms with van der Waals surface area (Å²) in [7, 11) is -4.90. The molecule has 4 nitrogen and oxygen atoms in total. The zero-order valence-corrected chi connectivity index (χ0v) is 12.9. The van der Waals surface area contributed by atoms with Crippen LogP contribution in [0, 0.1) is 29.9 Å². The number of halogens is 4. The first-order valence-electron chi connectivity index (χ1n) is 6.36. The summed E-state index contributed by atoms with van der Waals surface area (Å²) < 4.78 is 80.0. The van der Waals surface area contributed by atoms with Crippen LogP contribution in [0.1, 0.15) is 11.1 Å². The molecule has 0 aliphatic carbocycles. The predicted molar refractivity (Wildman–Crippen MR) is 75.5 cm³/mol. The fourth-order valence-electron chi connectivity index (χ4n) is 2.01. The number of nitriles is 1. The first-order valence-corrected chi connectivity index (χ1v) is 7.91. The Morgan fingerprint density at radius 2 is 1.71 bits per heavy atom. The molecule has 0 heterocycles. The second-order valence-electron chi connectivity index (χ2n) is 4.69. The molecule has 2 aromatic rings. The molecule has 2 rings (SSSR count). The van der Waals surface area contributed by atoms with E-state index >= 15 is 0 Å². The van der Waals surface area contributed by atoms with Gasteiger partial charge >= 0.3 is 5.76 Å². The van der Waals surface area contributed by atoms with Crippen LogP contribution >= 0.6 is 0 Å². The van der Waals surface area contributed by atoms with Gasteiger partial charge in [0.2, 0.25) is 9.84 Å². The van der Waals surface area contributed by atoms with Crippen LogP contribution in [0.25, 0.3) is 0 Å². The topological polar surface area (TPSA) is 67.2 Å². The summed E-state index contributed by atoms with van der Waals surface area (Å²) in [5, 5.41) is 9.15. The zero-order chi connectivity index (χ0) is 18.1. The van der Waals surface area contributed by atoms with E-state index in [1.165, 1.54) is 0 Å². The van der Waals surface area contributed by atoms with Crippen molar-refractivity contribution in [3.8, 4) is 17.6 Å². The molecule has 0 aliphatic heterocycles. The number of hydrogen-bond acceptors (Lipinski definition) is 4. The maximum atomic E-state index is 13.2. The highest BCUT2D eigenvalue weighted by molar-refractivity contribution is 7.91. The molecule has 0 saturated carbocycles. The molecular formula is C15H9F4NO3S. The first-order chi connectivity index (χ1) is 11.2. The van der Waals surface area contributed by atoms with Gasteiger partial charge in [0.25, 0.3) is 0 Å². The molecule has 0 aliphatic rings. The van der Waals surface area contributed by atoms with Gasteiger partial charge < -0.3 is 4.74 Å². The van der Waals surface area contributed by atoms with E-state index in [9.17, 15) is 26.0 Å². The molecule has 0 radical (unpaired) electrons. The van der Waals surface area contributed by atoms with Gasteiger partial charge in [-0.1, -0.05) is 0 Å². The summed E-state index contributed by atoms with van der Waals surface area (Å²) in [4.78, 5) is -0.716. The molecule has 0 unspecified atom stereocenters. The van der Waals surface area contributed by atoms with Crippen LogP contribution in [-0.4, -0.2) is 14.2 Å². The van der Waals surface area contributed by atoms with Crippen LogP contribution in [0.4, 0.5) is 17.6 Å². The average Bonchev–Trinajstić information content (AvgIpc) is 2.46. The Labute approximate surface area is 134 Å². The molecule has 0 aromatic heterocycles. The quantitative estimate of drug-likeness (QED) is 0.776. The second kappa shape index (κ2) is 6.49. The molecule has 2 aromatic carbocycles. The highest BCUT2D eigenvalue weighted by Gasteiger charge is 2.30. The summed E-state index contributed by atoms with van der Waals surface area (Å²) in [5.41, 5.74) is -0.575. The van der Waals surface area contributed by atoms with Crippen molar-refractivity contribution < 1.29 is 30.7 Å². The smallest absolute Gasteiger partial charge is 0.341 e. The van der Waals surface area contributed by atoms with Gasteiger partial charge in [0.15, 0.2) is 0 Å². The van der Waals surface area contributed by atoms with Crippen LogP contribution in [0.2, 0.25) is 0 Å². The van der Waals surface area contributed by atoms with E-state index in [2.05, 4.69) is 0 Å². The van der Waals surface area contributed by atoms with E-state index in [0.717, 1.165) is 31.2 Å². The molecule has 0 amide bonds. The number of rotatable bonds is 4. The Morgan fingerprint density at radius 1 is 1.12 bits per heavy atom. The molecule has 0 saturated heterocycles. The van der Waals surface area contributed by atoms with E-state index in [-0.39, 0.29) is 22.6 Å². The van der Waals surface area contributed by atoms with Crippen molar-refractivity contribution in [2.75, 3.05) is 0 Å². The van der Waals surface area contributed by atoms with Gasteiger partial charge in [0.05, 0.1) is 10.5 Å². The van der Waals surface area contributed by atoms with E-state index in [4.69, 9.17) is 10.00 Å². The third-order valence-corrected chi connectivity index (χ3v) is 4.62. The summed E-state index contributed by atoms with van der Waals surface area (Å²) in [6.07, 6.45) is 0. The average molecular weight is 359 g/mol. The van der Waals surface area contributed by atoms with Gasteiger partial charge in [-0.15, -0.1) is 0 Å². The number of benzene rings is 2. The van der Waals surface area contributed by atoms with Gasteiger partial charge in [-0.2, -0.15) is 14.0 Å². The summed E-state index contributed by atoms with van der Waals surface area (Å²) in [5.74, 6) is -5.97. The normalized spacial score (nSPS) is 11.4. The van der Waals surface area contributed by atoms with Crippen LogP contribution < -0.4 is 4.74 Å². The molecule has 0 spiro atoms. The number of sulfone groups is 1. The van der Waals surface area contributed by atoms with Crippen molar-refractivity contribution in [3.05, 3.63) is 53.1 Å². The second-order valence-corrected chi connectivity index (χ2v) is 6.57. The fraction of sp³-hybridized carbons (Fsp3) is 0.133. The lowest BCUT2D eigenvalue weighted by atomic mass is 10.1. The maximum Gasteiger partial charge on any atom is 0.341 e. The van der Waals surface area contributed by atoms with E-state index < -0.39 is 32.1 Å². The third-order valence-electron chi connectivity index (χ3n) is 3.09. The minimum absolute atomic E-state index is 0.215. The van der Waals surface area contributed by atoms with Crippen molar-refractivity contribution >= 4 is 9.84 Å². The largest absolute Gasteiger partial charge is 0.456 e. The Morgan fingerprint density at radius 3 is 2.21 bits per heavy atom. The molecule has 0 fully saturated rings. The van der Waals surface area contributed by atoms with Gasteiger partial charge in [-0.25, -0.2) is 17.2 Å². The van der Waals surface area contributed by atoms with Crippen molar-refractivity contribution in [1.82, 2.24) is 0 Å². The SMILES string of the molecule is Cc1c(S(=O)(=O)C(F)F)ccc(Oc2cc(F)cc(F)c2)c1C#N. The van der Waals surface area contributed by atoms with Gasteiger partial charge in [-0.05, 0) is 24.6 Å². The van der Waals surface area contributed by atoms with E-state index in [0.29, 0.717) is 6.07 Å². The highest BCUT2D eigenvalue weighted by atomic mass is 32.2. The number of nitrogens with zero attached hydrogens (tertiary/aromatic N) is 1. The molecule has 126 valence electrons. The number of alkyl halides is 2. The fourth-order valence-corrected chi connectivity index (χ4v) is 2.99. The van der Waals surface area contributed by atoms with E-state index in [1.54, 1.807) is 6.07 Å². The Hall–Kier alpha value is -2.60. The Bertz CT molecular complexity index is 916. The Kier molecular flexibility index (Phi) is 4.80. The zero-order valence-electron chi connectivity index (χ0n) is 12.1. The van der Waals surface area contributed by atoms with Crippen molar-refractivity contribution in [3.63, 3.8) is 0 Å².